The van der Waals surface area contributed by atoms with Crippen LogP contribution < -0.4 is 10.1 Å². The maximum absolute atomic E-state index is 15.2. The fraction of sp³-hybridized carbons (Fsp3) is 0.636. The van der Waals surface area contributed by atoms with Crippen molar-refractivity contribution in [2.24, 2.45) is 5.41 Å². The highest BCUT2D eigenvalue weighted by Crippen LogP contribution is 2.42. The SMILES string of the molecule is COc1c(F)cc(C2(C)COC2)cc1C(C(=O)O)N1CC[C@@](C)(CN(C)CCCCCc2ccc3c(n2)NCCC3)C1. The summed E-state index contributed by atoms with van der Waals surface area (Å²) < 4.78 is 26.0. The molecule has 0 radical (unpaired) electrons. The first kappa shape index (κ1) is 30.7. The van der Waals surface area contributed by atoms with E-state index < -0.39 is 17.8 Å². The van der Waals surface area contributed by atoms with Crippen LogP contribution in [0, 0.1) is 11.2 Å². The van der Waals surface area contributed by atoms with E-state index in [1.165, 1.54) is 30.9 Å². The molecular formula is C33H47FN4O4. The average Bonchev–Trinajstić information content (AvgIpc) is 3.31. The Labute approximate surface area is 249 Å². The van der Waals surface area contributed by atoms with Gasteiger partial charge in [-0.2, -0.15) is 0 Å². The minimum Gasteiger partial charge on any atom is -0.493 e. The number of anilines is 1. The van der Waals surface area contributed by atoms with Gasteiger partial charge in [0.1, 0.15) is 11.9 Å². The number of ether oxygens (including phenoxy) is 2. The van der Waals surface area contributed by atoms with E-state index in [1.54, 1.807) is 0 Å². The number of unbranched alkanes of at least 4 members (excludes halogenated alkanes) is 2. The molecule has 8 nitrogen and oxygen atoms in total. The maximum Gasteiger partial charge on any atom is 0.325 e. The lowest BCUT2D eigenvalue weighted by Crippen LogP contribution is -2.44. The summed E-state index contributed by atoms with van der Waals surface area (Å²) in [5.41, 5.74) is 3.27. The minimum absolute atomic E-state index is 0.0163. The topological polar surface area (TPSA) is 87.2 Å². The van der Waals surface area contributed by atoms with E-state index in [0.717, 1.165) is 69.5 Å². The van der Waals surface area contributed by atoms with E-state index >= 15 is 4.39 Å². The molecule has 3 aliphatic heterocycles. The van der Waals surface area contributed by atoms with Gasteiger partial charge in [0.15, 0.2) is 11.6 Å². The lowest BCUT2D eigenvalue weighted by atomic mass is 9.79. The Morgan fingerprint density at radius 3 is 2.79 bits per heavy atom. The summed E-state index contributed by atoms with van der Waals surface area (Å²) in [6.07, 6.45) is 7.55. The van der Waals surface area contributed by atoms with E-state index in [4.69, 9.17) is 14.5 Å². The maximum atomic E-state index is 15.2. The number of halogens is 1. The number of methoxy groups -OCH3 is 1. The third-order valence-corrected chi connectivity index (χ3v) is 9.37. The van der Waals surface area contributed by atoms with Crippen molar-refractivity contribution in [3.05, 3.63) is 52.5 Å². The van der Waals surface area contributed by atoms with Gasteiger partial charge in [0.2, 0.25) is 0 Å². The molecular weight excluding hydrogens is 535 g/mol. The van der Waals surface area contributed by atoms with Crippen molar-refractivity contribution in [2.75, 3.05) is 65.4 Å². The summed E-state index contributed by atoms with van der Waals surface area (Å²) in [5.74, 6) is -0.421. The fourth-order valence-electron chi connectivity index (χ4n) is 6.96. The summed E-state index contributed by atoms with van der Waals surface area (Å²) in [7, 11) is 3.56. The van der Waals surface area contributed by atoms with Crippen LogP contribution in [0.25, 0.3) is 0 Å². The molecule has 1 unspecified atom stereocenters. The van der Waals surface area contributed by atoms with Crippen molar-refractivity contribution < 1.29 is 23.8 Å². The van der Waals surface area contributed by atoms with Gasteiger partial charge in [-0.05, 0) is 93.4 Å². The monoisotopic (exact) mass is 582 g/mol. The summed E-state index contributed by atoms with van der Waals surface area (Å²) in [5, 5.41) is 13.8. The zero-order valence-electron chi connectivity index (χ0n) is 25.7. The Kier molecular flexibility index (Phi) is 9.40. The average molecular weight is 583 g/mol. The molecule has 2 aromatic rings. The van der Waals surface area contributed by atoms with Crippen LogP contribution in [-0.2, 0) is 27.8 Å². The number of carbonyl (C=O) groups is 1. The van der Waals surface area contributed by atoms with Crippen molar-refractivity contribution >= 4 is 11.8 Å². The molecule has 9 heteroatoms. The third kappa shape index (κ3) is 6.74. The van der Waals surface area contributed by atoms with Crippen LogP contribution in [0.4, 0.5) is 10.2 Å². The number of carboxylic acids is 1. The van der Waals surface area contributed by atoms with Crippen LogP contribution >= 0.6 is 0 Å². The molecule has 0 aliphatic carbocycles. The first-order chi connectivity index (χ1) is 20.1. The van der Waals surface area contributed by atoms with Gasteiger partial charge in [0, 0.05) is 36.3 Å². The molecule has 1 aromatic heterocycles. The van der Waals surface area contributed by atoms with E-state index in [2.05, 4.69) is 36.3 Å². The quantitative estimate of drug-likeness (QED) is 0.317. The van der Waals surface area contributed by atoms with Gasteiger partial charge >= 0.3 is 5.97 Å². The van der Waals surface area contributed by atoms with Gasteiger partial charge < -0.3 is 24.8 Å². The fourth-order valence-corrected chi connectivity index (χ4v) is 6.96. The van der Waals surface area contributed by atoms with Crippen molar-refractivity contribution in [3.8, 4) is 5.75 Å². The van der Waals surface area contributed by atoms with Gasteiger partial charge in [-0.1, -0.05) is 26.3 Å². The second-order valence-electron chi connectivity index (χ2n) is 13.3. The molecule has 0 amide bonds. The molecule has 4 heterocycles. The number of nitrogens with zero attached hydrogens (tertiary/aromatic N) is 3. The lowest BCUT2D eigenvalue weighted by molar-refractivity contribution is -0.143. The van der Waals surface area contributed by atoms with Crippen molar-refractivity contribution in [1.29, 1.82) is 0 Å². The lowest BCUT2D eigenvalue weighted by Gasteiger charge is -2.39. The zero-order chi connectivity index (χ0) is 29.9. The number of aliphatic carboxylic acids is 1. The van der Waals surface area contributed by atoms with Crippen LogP contribution in [0.15, 0.2) is 24.3 Å². The molecule has 230 valence electrons. The Bertz CT molecular complexity index is 1270. The van der Waals surface area contributed by atoms with Crippen LogP contribution in [0.5, 0.6) is 5.75 Å². The number of hydrogen-bond acceptors (Lipinski definition) is 7. The predicted octanol–water partition coefficient (Wildman–Crippen LogP) is 5.06. The minimum atomic E-state index is -0.985. The number of nitrogens with one attached hydrogen (secondary N) is 1. The summed E-state index contributed by atoms with van der Waals surface area (Å²) in [6.45, 7) is 9.40. The summed E-state index contributed by atoms with van der Waals surface area (Å²) >= 11 is 0. The van der Waals surface area contributed by atoms with E-state index in [1.807, 2.05) is 17.9 Å². The Morgan fingerprint density at radius 1 is 1.26 bits per heavy atom. The highest BCUT2D eigenvalue weighted by molar-refractivity contribution is 5.77. The van der Waals surface area contributed by atoms with Gasteiger partial charge in [-0.25, -0.2) is 9.37 Å². The number of fused-ring (bicyclic) bond motifs is 1. The molecule has 3 aliphatic rings. The second-order valence-corrected chi connectivity index (χ2v) is 13.3. The van der Waals surface area contributed by atoms with Gasteiger partial charge in [0.05, 0.1) is 20.3 Å². The first-order valence-electron chi connectivity index (χ1n) is 15.4. The molecule has 0 spiro atoms. The van der Waals surface area contributed by atoms with Gasteiger partial charge in [-0.15, -0.1) is 0 Å². The summed E-state index contributed by atoms with van der Waals surface area (Å²) in [4.78, 5) is 21.8. The predicted molar refractivity (Wildman–Crippen MR) is 162 cm³/mol. The number of benzene rings is 1. The Morgan fingerprint density at radius 2 is 2.07 bits per heavy atom. The smallest absolute Gasteiger partial charge is 0.325 e. The van der Waals surface area contributed by atoms with Crippen LogP contribution in [0.1, 0.15) is 74.4 Å². The number of aromatic nitrogens is 1. The largest absolute Gasteiger partial charge is 0.493 e. The Hall–Kier alpha value is -2.75. The van der Waals surface area contributed by atoms with Gasteiger partial charge in [0.25, 0.3) is 0 Å². The molecule has 2 atom stereocenters. The van der Waals surface area contributed by atoms with Crippen LogP contribution in [0.3, 0.4) is 0 Å². The summed E-state index contributed by atoms with van der Waals surface area (Å²) in [6, 6.07) is 6.72. The molecule has 1 aromatic carbocycles. The Balaban J connectivity index is 1.15. The number of aryl methyl sites for hydroxylation is 2. The highest BCUT2D eigenvalue weighted by atomic mass is 19.1. The number of rotatable bonds is 13. The van der Waals surface area contributed by atoms with E-state index in [9.17, 15) is 9.90 Å². The van der Waals surface area contributed by atoms with E-state index in [-0.39, 0.29) is 16.6 Å². The standard InChI is InChI=1S/C33H47FN4O4/c1-32(19-37(3)15-7-5-6-10-25-12-11-23-9-8-14-35-30(23)36-25)13-16-38(20-32)28(31(39)40)26-17-24(33(2)21-42-22-33)18-27(34)29(26)41-4/h11-12,17-18,28H,5-10,13-16,19-22H2,1-4H3,(H,35,36)(H,39,40)/t28?,32-/m0/s1. The van der Waals surface area contributed by atoms with E-state index in [0.29, 0.717) is 31.9 Å². The van der Waals surface area contributed by atoms with Crippen LogP contribution in [0.2, 0.25) is 0 Å². The van der Waals surface area contributed by atoms with Crippen molar-refractivity contribution in [2.45, 2.75) is 70.3 Å². The molecule has 2 fully saturated rings. The molecule has 5 rings (SSSR count). The molecule has 0 bridgehead atoms. The number of carboxylic acid groups (broad SMARTS) is 1. The highest BCUT2D eigenvalue weighted by Gasteiger charge is 2.43. The molecule has 0 saturated carbocycles. The molecule has 2 saturated heterocycles. The van der Waals surface area contributed by atoms with Crippen molar-refractivity contribution in [3.63, 3.8) is 0 Å². The van der Waals surface area contributed by atoms with Crippen LogP contribution in [-0.4, -0.2) is 86.0 Å². The first-order valence-corrected chi connectivity index (χ1v) is 15.4. The number of pyridine rings is 1. The number of hydrogen-bond donors (Lipinski definition) is 2. The number of likely N-dealkylation sites (tertiary alicyclic amines) is 1. The van der Waals surface area contributed by atoms with Crippen molar-refractivity contribution in [1.82, 2.24) is 14.8 Å². The zero-order valence-corrected chi connectivity index (χ0v) is 25.7. The second kappa shape index (κ2) is 12.9. The van der Waals surface area contributed by atoms with Gasteiger partial charge in [-0.3, -0.25) is 9.69 Å². The molecule has 2 N–H and O–H groups in total. The molecule has 42 heavy (non-hydrogen) atoms. The third-order valence-electron chi connectivity index (χ3n) is 9.37. The normalized spacial score (nSPS) is 22.3.